The van der Waals surface area contributed by atoms with E-state index in [1.54, 1.807) is 0 Å². The summed E-state index contributed by atoms with van der Waals surface area (Å²) in [4.78, 5) is 0. The standard InChI is InChI=1S/3C2H5.Al.Mg/c3*1-2;;/h3*1H2,2H3;;. The lowest BCUT2D eigenvalue weighted by Gasteiger charge is -1.97. The lowest BCUT2D eigenvalue weighted by molar-refractivity contribution is 1.24. The van der Waals surface area contributed by atoms with Crippen molar-refractivity contribution in [2.24, 2.45) is 0 Å². The molecule has 0 aromatic heterocycles. The Morgan fingerprint density at radius 2 is 1.12 bits per heavy atom. The molecule has 0 aromatic carbocycles. The second kappa shape index (κ2) is 8.30. The third-order valence-electron chi connectivity index (χ3n) is 1.73. The van der Waals surface area contributed by atoms with Crippen molar-refractivity contribution in [3.63, 3.8) is 0 Å². The van der Waals surface area contributed by atoms with Gasteiger partial charge in [-0.15, -0.1) is 0 Å². The van der Waals surface area contributed by atoms with Crippen molar-refractivity contribution in [3.8, 4) is 0 Å². The van der Waals surface area contributed by atoms with Gasteiger partial charge in [-0.05, 0) is 0 Å². The van der Waals surface area contributed by atoms with Crippen molar-refractivity contribution in [2.75, 3.05) is 0 Å². The molecule has 0 fully saturated rings. The summed E-state index contributed by atoms with van der Waals surface area (Å²) < 4.78 is 0. The second-order valence-electron chi connectivity index (χ2n) is 2.09. The molecule has 0 aromatic rings. The van der Waals surface area contributed by atoms with Gasteiger partial charge < -0.3 is 0 Å². The van der Waals surface area contributed by atoms with E-state index in [9.17, 15) is 0 Å². The van der Waals surface area contributed by atoms with E-state index in [2.05, 4.69) is 20.8 Å². The molecule has 0 spiro atoms. The molecule has 0 saturated carbocycles. The average molecular weight is 138 g/mol. The molecule has 44 valence electrons. The fraction of sp³-hybridized carbons (Fsp3) is 1.00. The second-order valence-corrected chi connectivity index (χ2v) is 6.27. The molecule has 0 saturated heterocycles. The first kappa shape index (κ1) is 12.0. The first-order valence-corrected chi connectivity index (χ1v) is 5.80. The minimum atomic E-state index is -0.171. The summed E-state index contributed by atoms with van der Waals surface area (Å²) in [6.07, 6.45) is 0. The van der Waals surface area contributed by atoms with Crippen LogP contribution in [0, 0.1) is 0 Å². The quantitative estimate of drug-likeness (QED) is 0.525. The van der Waals surface area contributed by atoms with E-state index in [4.69, 9.17) is 0 Å². The molecule has 0 bridgehead atoms. The van der Waals surface area contributed by atoms with Gasteiger partial charge in [0.15, 0.2) is 0 Å². The zero-order valence-corrected chi connectivity index (χ0v) is 8.97. The van der Waals surface area contributed by atoms with E-state index in [1.165, 1.54) is 15.8 Å². The highest BCUT2D eigenvalue weighted by atomic mass is 27.2. The normalized spacial score (nSPS) is 7.88. The summed E-state index contributed by atoms with van der Waals surface area (Å²) in [5.74, 6) is 0. The van der Waals surface area contributed by atoms with E-state index >= 15 is 0 Å². The van der Waals surface area contributed by atoms with Gasteiger partial charge >= 0.3 is 0 Å². The van der Waals surface area contributed by atoms with Crippen LogP contribution in [-0.4, -0.2) is 37.2 Å². The molecular formula is C6H15AlMg. The van der Waals surface area contributed by atoms with Gasteiger partial charge in [0, 0.05) is 23.1 Å². The van der Waals surface area contributed by atoms with Crippen LogP contribution in [0.4, 0.5) is 0 Å². The minimum Gasteiger partial charge on any atom is -0.0967 e. The average Bonchev–Trinajstić information content (AvgIpc) is 1.72. The summed E-state index contributed by atoms with van der Waals surface area (Å²) in [5.41, 5.74) is 0. The summed E-state index contributed by atoms with van der Waals surface area (Å²) in [7, 11) is 0. The predicted octanol–water partition coefficient (Wildman–Crippen LogP) is 2.16. The van der Waals surface area contributed by atoms with E-state index in [0.29, 0.717) is 0 Å². The third-order valence-corrected chi connectivity index (χ3v) is 5.20. The molecule has 8 heavy (non-hydrogen) atoms. The molecule has 0 amide bonds. The Morgan fingerprint density at radius 1 is 0.875 bits per heavy atom. The largest absolute Gasteiger partial charge is 0.261 e. The predicted molar refractivity (Wildman–Crippen MR) is 43.0 cm³/mol. The Bertz CT molecular complexity index is 30.0. The third kappa shape index (κ3) is 5.44. The highest BCUT2D eigenvalue weighted by molar-refractivity contribution is 6.58. The van der Waals surface area contributed by atoms with Gasteiger partial charge in [-0.1, -0.05) is 36.6 Å². The topological polar surface area (TPSA) is 0 Å². The van der Waals surface area contributed by atoms with E-state index < -0.39 is 0 Å². The van der Waals surface area contributed by atoms with Gasteiger partial charge in [0.2, 0.25) is 0 Å². The Morgan fingerprint density at radius 3 is 1.12 bits per heavy atom. The van der Waals surface area contributed by atoms with Crippen molar-refractivity contribution < 1.29 is 0 Å². The van der Waals surface area contributed by atoms with Gasteiger partial charge in [0.05, 0.1) is 0 Å². The lowest BCUT2D eigenvalue weighted by atomic mass is 10.9. The molecule has 0 atom stereocenters. The fourth-order valence-corrected chi connectivity index (χ4v) is 2.60. The molecule has 0 aliphatic heterocycles. The van der Waals surface area contributed by atoms with Crippen molar-refractivity contribution in [1.29, 1.82) is 0 Å². The van der Waals surface area contributed by atoms with Crippen LogP contribution >= 0.6 is 0 Å². The maximum absolute atomic E-state index is 2.32. The lowest BCUT2D eigenvalue weighted by Crippen LogP contribution is -2.04. The molecule has 0 aliphatic carbocycles. The summed E-state index contributed by atoms with van der Waals surface area (Å²) in [5, 5.41) is 4.48. The van der Waals surface area contributed by atoms with Crippen LogP contribution in [0.3, 0.4) is 0 Å². The monoisotopic (exact) mass is 138 g/mol. The van der Waals surface area contributed by atoms with Crippen LogP contribution in [0.25, 0.3) is 0 Å². The smallest absolute Gasteiger partial charge is 0.0967 e. The fourth-order valence-electron chi connectivity index (χ4n) is 0.866. The Kier molecular flexibility index (Phi) is 12.5. The van der Waals surface area contributed by atoms with Crippen molar-refractivity contribution in [2.45, 2.75) is 36.6 Å². The molecule has 2 radical (unpaired) electrons. The molecule has 0 N–H and O–H groups in total. The number of rotatable bonds is 3. The zero-order valence-electron chi connectivity index (χ0n) is 6.41. The van der Waals surface area contributed by atoms with Crippen molar-refractivity contribution in [1.82, 2.24) is 0 Å². The van der Waals surface area contributed by atoms with Crippen LogP contribution < -0.4 is 0 Å². The molecule has 2 heteroatoms. The van der Waals surface area contributed by atoms with Crippen LogP contribution in [-0.2, 0) is 0 Å². The van der Waals surface area contributed by atoms with Gasteiger partial charge in [-0.2, -0.15) is 0 Å². The summed E-state index contributed by atoms with van der Waals surface area (Å²) in [6, 6.07) is 0. The SMILES string of the molecule is C[CH2][Al]([CH2]C)[CH2]C.[Mg]. The maximum Gasteiger partial charge on any atom is 0.261 e. The summed E-state index contributed by atoms with van der Waals surface area (Å²) in [6.45, 7) is 6.97. The van der Waals surface area contributed by atoms with Crippen LogP contribution in [0.2, 0.25) is 15.8 Å². The van der Waals surface area contributed by atoms with E-state index in [-0.39, 0.29) is 37.2 Å². The van der Waals surface area contributed by atoms with Crippen LogP contribution in [0.1, 0.15) is 20.8 Å². The van der Waals surface area contributed by atoms with Gasteiger partial charge in [0.25, 0.3) is 14.1 Å². The maximum atomic E-state index is 2.32. The summed E-state index contributed by atoms with van der Waals surface area (Å²) >= 11 is -0.171. The van der Waals surface area contributed by atoms with Gasteiger partial charge in [-0.25, -0.2) is 0 Å². The first-order chi connectivity index (χ1) is 3.35. The van der Waals surface area contributed by atoms with Gasteiger partial charge in [-0.3, -0.25) is 0 Å². The zero-order chi connectivity index (χ0) is 5.70. The van der Waals surface area contributed by atoms with Crippen molar-refractivity contribution in [3.05, 3.63) is 0 Å². The van der Waals surface area contributed by atoms with E-state index in [0.717, 1.165) is 0 Å². The number of hydrogen-bond donors (Lipinski definition) is 0. The Hall–Kier alpha value is 1.30. The highest BCUT2D eigenvalue weighted by Crippen LogP contribution is 2.01. The molecular weight excluding hydrogens is 123 g/mol. The highest BCUT2D eigenvalue weighted by Gasteiger charge is 2.05. The minimum absolute atomic E-state index is 0. The first-order valence-electron chi connectivity index (χ1n) is 3.35. The molecule has 0 heterocycles. The molecule has 0 unspecified atom stereocenters. The van der Waals surface area contributed by atoms with E-state index in [1.807, 2.05) is 0 Å². The van der Waals surface area contributed by atoms with Crippen LogP contribution in [0.5, 0.6) is 0 Å². The van der Waals surface area contributed by atoms with Crippen LogP contribution in [0.15, 0.2) is 0 Å². The van der Waals surface area contributed by atoms with Crippen molar-refractivity contribution >= 4 is 37.2 Å². The molecule has 0 nitrogen and oxygen atoms in total. The molecule has 0 rings (SSSR count). The van der Waals surface area contributed by atoms with Gasteiger partial charge in [0.1, 0.15) is 0 Å². The Labute approximate surface area is 73.6 Å². The molecule has 0 aliphatic rings. The number of hydrogen-bond acceptors (Lipinski definition) is 0. The Balaban J connectivity index is 0.